The molecule has 0 heterocycles. The van der Waals surface area contributed by atoms with E-state index < -0.39 is 6.17 Å². The van der Waals surface area contributed by atoms with Gasteiger partial charge in [0.1, 0.15) is 6.17 Å². The molecule has 0 aromatic carbocycles. The van der Waals surface area contributed by atoms with Gasteiger partial charge in [0.25, 0.3) is 0 Å². The lowest BCUT2D eigenvalue weighted by atomic mass is 9.85. The van der Waals surface area contributed by atoms with Gasteiger partial charge in [0.15, 0.2) is 0 Å². The zero-order chi connectivity index (χ0) is 8.10. The predicted molar refractivity (Wildman–Crippen MR) is 46.1 cm³/mol. The molecule has 0 saturated heterocycles. The Labute approximate surface area is 69.2 Å². The second-order valence-electron chi connectivity index (χ2n) is 3.57. The summed E-state index contributed by atoms with van der Waals surface area (Å²) in [6.07, 6.45) is 7.99. The largest absolute Gasteiger partial charge is 0.247 e. The molecule has 1 heteroatoms. The summed E-state index contributed by atoms with van der Waals surface area (Å²) < 4.78 is 12.8. The van der Waals surface area contributed by atoms with Crippen LogP contribution in [0.1, 0.15) is 45.4 Å². The summed E-state index contributed by atoms with van der Waals surface area (Å²) in [6.45, 7) is 2.20. The van der Waals surface area contributed by atoms with Crippen LogP contribution in [0.4, 0.5) is 4.39 Å². The Balaban J connectivity index is 2.12. The van der Waals surface area contributed by atoms with Crippen LogP contribution in [-0.4, -0.2) is 6.17 Å². The van der Waals surface area contributed by atoms with Crippen molar-refractivity contribution in [2.75, 3.05) is 0 Å². The minimum atomic E-state index is -0.606. The van der Waals surface area contributed by atoms with Crippen molar-refractivity contribution in [3.63, 3.8) is 0 Å². The van der Waals surface area contributed by atoms with Crippen LogP contribution in [0.25, 0.3) is 0 Å². The molecule has 0 spiro atoms. The summed E-state index contributed by atoms with van der Waals surface area (Å²) in [7, 11) is 0. The maximum atomic E-state index is 12.8. The van der Waals surface area contributed by atoms with Gasteiger partial charge in [0, 0.05) is 0 Å². The van der Waals surface area contributed by atoms with Gasteiger partial charge in [-0.2, -0.15) is 0 Å². The fourth-order valence-electron chi connectivity index (χ4n) is 1.80. The predicted octanol–water partition coefficient (Wildman–Crippen LogP) is 3.52. The first-order valence-electron chi connectivity index (χ1n) is 4.80. The first-order chi connectivity index (χ1) is 5.33. The van der Waals surface area contributed by atoms with Crippen LogP contribution in [-0.2, 0) is 0 Å². The van der Waals surface area contributed by atoms with Crippen molar-refractivity contribution < 1.29 is 4.39 Å². The van der Waals surface area contributed by atoms with E-state index in [-0.39, 0.29) is 0 Å². The van der Waals surface area contributed by atoms with Gasteiger partial charge in [-0.1, -0.05) is 26.2 Å². The molecule has 0 bridgehead atoms. The molecule has 0 aromatic rings. The molecular weight excluding hydrogens is 139 g/mol. The molecule has 0 aliphatic heterocycles. The number of alkyl halides is 1. The first-order valence-corrected chi connectivity index (χ1v) is 4.80. The fourth-order valence-corrected chi connectivity index (χ4v) is 1.80. The average molecular weight is 157 g/mol. The smallest absolute Gasteiger partial charge is 0.104 e. The summed E-state index contributed by atoms with van der Waals surface area (Å²) in [5.41, 5.74) is 0. The normalized spacial score (nSPS) is 32.2. The SMILES string of the molecule is CCCCC1CC[CH]C(F)C1. The van der Waals surface area contributed by atoms with Gasteiger partial charge in [0.2, 0.25) is 0 Å². The highest BCUT2D eigenvalue weighted by Crippen LogP contribution is 2.29. The lowest BCUT2D eigenvalue weighted by Crippen LogP contribution is -2.16. The van der Waals surface area contributed by atoms with E-state index in [1.807, 2.05) is 6.42 Å². The van der Waals surface area contributed by atoms with Crippen LogP contribution in [0, 0.1) is 12.3 Å². The molecule has 0 aromatic heterocycles. The van der Waals surface area contributed by atoms with Crippen LogP contribution in [0.15, 0.2) is 0 Å². The zero-order valence-corrected chi connectivity index (χ0v) is 7.35. The maximum absolute atomic E-state index is 12.8. The molecule has 0 nitrogen and oxygen atoms in total. The Morgan fingerprint density at radius 2 is 2.36 bits per heavy atom. The Kier molecular flexibility index (Phi) is 3.88. The van der Waals surface area contributed by atoms with Crippen molar-refractivity contribution in [3.05, 3.63) is 6.42 Å². The molecule has 1 radical (unpaired) electrons. The minimum Gasteiger partial charge on any atom is -0.247 e. The number of hydrogen-bond acceptors (Lipinski definition) is 0. The molecule has 65 valence electrons. The van der Waals surface area contributed by atoms with E-state index >= 15 is 0 Å². The molecule has 0 amide bonds. The highest BCUT2D eigenvalue weighted by Gasteiger charge is 2.20. The van der Waals surface area contributed by atoms with E-state index in [4.69, 9.17) is 0 Å². The molecule has 1 fully saturated rings. The third-order valence-corrected chi connectivity index (χ3v) is 2.52. The fraction of sp³-hybridized carbons (Fsp3) is 0.900. The molecule has 2 unspecified atom stereocenters. The zero-order valence-electron chi connectivity index (χ0n) is 7.35. The second-order valence-corrected chi connectivity index (χ2v) is 3.57. The molecule has 1 aliphatic rings. The van der Waals surface area contributed by atoms with E-state index in [0.29, 0.717) is 5.92 Å². The molecule has 1 saturated carbocycles. The molecular formula is C10H18F. The van der Waals surface area contributed by atoms with Crippen molar-refractivity contribution in [1.29, 1.82) is 0 Å². The van der Waals surface area contributed by atoms with Crippen LogP contribution < -0.4 is 0 Å². The van der Waals surface area contributed by atoms with Gasteiger partial charge in [-0.15, -0.1) is 0 Å². The van der Waals surface area contributed by atoms with E-state index in [0.717, 1.165) is 12.8 Å². The molecule has 2 atom stereocenters. The maximum Gasteiger partial charge on any atom is 0.104 e. The summed E-state index contributed by atoms with van der Waals surface area (Å²) in [5, 5.41) is 0. The van der Waals surface area contributed by atoms with Gasteiger partial charge >= 0.3 is 0 Å². The monoisotopic (exact) mass is 157 g/mol. The van der Waals surface area contributed by atoms with Gasteiger partial charge in [-0.05, 0) is 31.6 Å². The molecule has 1 aliphatic carbocycles. The summed E-state index contributed by atoms with van der Waals surface area (Å²) in [5.74, 6) is 0.676. The number of rotatable bonds is 3. The number of unbranched alkanes of at least 4 members (excludes halogenated alkanes) is 1. The van der Waals surface area contributed by atoms with Crippen LogP contribution in [0.3, 0.4) is 0 Å². The van der Waals surface area contributed by atoms with E-state index in [2.05, 4.69) is 6.92 Å². The Bertz CT molecular complexity index is 101. The lowest BCUT2D eigenvalue weighted by Gasteiger charge is -2.23. The van der Waals surface area contributed by atoms with Gasteiger partial charge in [-0.3, -0.25) is 0 Å². The van der Waals surface area contributed by atoms with Crippen LogP contribution in [0.5, 0.6) is 0 Å². The second kappa shape index (κ2) is 4.74. The van der Waals surface area contributed by atoms with Gasteiger partial charge in [-0.25, -0.2) is 4.39 Å². The van der Waals surface area contributed by atoms with Crippen molar-refractivity contribution in [1.82, 2.24) is 0 Å². The third-order valence-electron chi connectivity index (χ3n) is 2.52. The van der Waals surface area contributed by atoms with E-state index in [1.54, 1.807) is 0 Å². The third kappa shape index (κ3) is 3.22. The van der Waals surface area contributed by atoms with Crippen molar-refractivity contribution in [2.45, 2.75) is 51.6 Å². The first kappa shape index (κ1) is 9.02. The van der Waals surface area contributed by atoms with Gasteiger partial charge < -0.3 is 0 Å². The molecule has 0 N–H and O–H groups in total. The Morgan fingerprint density at radius 1 is 1.55 bits per heavy atom. The van der Waals surface area contributed by atoms with Crippen molar-refractivity contribution >= 4 is 0 Å². The highest BCUT2D eigenvalue weighted by molar-refractivity contribution is 4.84. The summed E-state index contributed by atoms with van der Waals surface area (Å²) in [6, 6.07) is 0. The quantitative estimate of drug-likeness (QED) is 0.588. The van der Waals surface area contributed by atoms with Crippen molar-refractivity contribution in [2.24, 2.45) is 5.92 Å². The van der Waals surface area contributed by atoms with Gasteiger partial charge in [0.05, 0.1) is 0 Å². The van der Waals surface area contributed by atoms with E-state index in [9.17, 15) is 4.39 Å². The number of hydrogen-bond donors (Lipinski definition) is 0. The molecule has 11 heavy (non-hydrogen) atoms. The average Bonchev–Trinajstić information content (AvgIpc) is 2.01. The Morgan fingerprint density at radius 3 is 3.00 bits per heavy atom. The molecule has 1 rings (SSSR count). The summed E-state index contributed by atoms with van der Waals surface area (Å²) in [4.78, 5) is 0. The standard InChI is InChI=1S/C10H18F/c1-2-3-5-9-6-4-7-10(11)8-9/h7,9-10H,2-6,8H2,1H3. The number of halogens is 1. The van der Waals surface area contributed by atoms with Crippen LogP contribution >= 0.6 is 0 Å². The van der Waals surface area contributed by atoms with E-state index in [1.165, 1.54) is 25.7 Å². The Hall–Kier alpha value is -0.0700. The van der Waals surface area contributed by atoms with Crippen molar-refractivity contribution in [3.8, 4) is 0 Å². The lowest BCUT2D eigenvalue weighted by molar-refractivity contribution is 0.239. The topological polar surface area (TPSA) is 0 Å². The minimum absolute atomic E-state index is 0.606. The van der Waals surface area contributed by atoms with Crippen LogP contribution in [0.2, 0.25) is 0 Å². The highest BCUT2D eigenvalue weighted by atomic mass is 19.1. The summed E-state index contributed by atoms with van der Waals surface area (Å²) >= 11 is 0.